The molecule has 0 radical (unpaired) electrons. The normalized spacial score (nSPS) is 20.4. The second-order valence-electron chi connectivity index (χ2n) is 5.12. The molecule has 1 N–H and O–H groups in total. The van der Waals surface area contributed by atoms with Gasteiger partial charge in [0.1, 0.15) is 22.9 Å². The maximum Gasteiger partial charge on any atom is 0.319 e. The topological polar surface area (TPSA) is 86.3 Å². The summed E-state index contributed by atoms with van der Waals surface area (Å²) in [4.78, 5) is 16.1. The van der Waals surface area contributed by atoms with Crippen LogP contribution >= 0.6 is 11.8 Å². The number of nitrogens with zero attached hydrogens (tertiary/aromatic N) is 2. The average Bonchev–Trinajstić information content (AvgIpc) is 3.13. The van der Waals surface area contributed by atoms with Gasteiger partial charge in [-0.3, -0.25) is 9.89 Å². The minimum atomic E-state index is -0.258. The van der Waals surface area contributed by atoms with Crippen LogP contribution in [0.4, 0.5) is 0 Å². The number of methoxy groups -OCH3 is 2. The maximum absolute atomic E-state index is 11.7. The molecule has 1 aliphatic heterocycles. The number of carbonyl (C=O) groups is 1. The van der Waals surface area contributed by atoms with Crippen LogP contribution in [0.1, 0.15) is 13.3 Å². The summed E-state index contributed by atoms with van der Waals surface area (Å²) in [5, 5.41) is 7.30. The predicted molar refractivity (Wildman–Crippen MR) is 84.7 cm³/mol. The van der Waals surface area contributed by atoms with Gasteiger partial charge in [0.05, 0.1) is 19.8 Å². The molecule has 1 aromatic carbocycles. The highest BCUT2D eigenvalue weighted by Crippen LogP contribution is 2.34. The minimum absolute atomic E-state index is 0.0555. The van der Waals surface area contributed by atoms with Crippen molar-refractivity contribution >= 4 is 17.7 Å². The Morgan fingerprint density at radius 2 is 2.17 bits per heavy atom. The molecule has 1 fully saturated rings. The third kappa shape index (κ3) is 3.26. The van der Waals surface area contributed by atoms with Gasteiger partial charge in [-0.15, -0.1) is 5.10 Å². The fourth-order valence-corrected chi connectivity index (χ4v) is 3.37. The van der Waals surface area contributed by atoms with Gasteiger partial charge in [-0.25, -0.2) is 4.98 Å². The molecular weight excluding hydrogens is 318 g/mol. The third-order valence-corrected chi connectivity index (χ3v) is 4.57. The lowest BCUT2D eigenvalue weighted by atomic mass is 10.2. The minimum Gasteiger partial charge on any atom is -0.497 e. The van der Waals surface area contributed by atoms with Gasteiger partial charge in [-0.05, 0) is 19.1 Å². The first-order valence-electron chi connectivity index (χ1n) is 7.12. The van der Waals surface area contributed by atoms with E-state index in [1.54, 1.807) is 20.3 Å². The molecule has 0 spiro atoms. The molecular formula is C15H17N3O4S. The van der Waals surface area contributed by atoms with Crippen molar-refractivity contribution in [3.05, 3.63) is 18.2 Å². The third-order valence-electron chi connectivity index (χ3n) is 3.50. The van der Waals surface area contributed by atoms with Gasteiger partial charge in [-0.2, -0.15) is 0 Å². The van der Waals surface area contributed by atoms with Crippen LogP contribution in [-0.2, 0) is 9.53 Å². The van der Waals surface area contributed by atoms with Crippen LogP contribution in [0.3, 0.4) is 0 Å². The number of rotatable bonds is 5. The molecule has 1 aromatic heterocycles. The van der Waals surface area contributed by atoms with Gasteiger partial charge in [0.25, 0.3) is 0 Å². The summed E-state index contributed by atoms with van der Waals surface area (Å²) in [6, 6.07) is 5.45. The number of aromatic amines is 1. The highest BCUT2D eigenvalue weighted by molar-refractivity contribution is 8.00. The van der Waals surface area contributed by atoms with Gasteiger partial charge in [0.15, 0.2) is 5.82 Å². The molecule has 2 heterocycles. The molecule has 1 saturated heterocycles. The Balaban J connectivity index is 1.80. The number of H-pyrrole nitrogens is 1. The Bertz CT molecular complexity index is 718. The molecule has 0 amide bonds. The first kappa shape index (κ1) is 15.7. The van der Waals surface area contributed by atoms with Gasteiger partial charge in [0, 0.05) is 12.5 Å². The highest BCUT2D eigenvalue weighted by Gasteiger charge is 2.33. The summed E-state index contributed by atoms with van der Waals surface area (Å²) in [5.74, 6) is 1.69. The van der Waals surface area contributed by atoms with E-state index in [4.69, 9.17) is 14.2 Å². The zero-order valence-electron chi connectivity index (χ0n) is 13.0. The van der Waals surface area contributed by atoms with E-state index in [0.717, 1.165) is 5.56 Å². The number of ether oxygens (including phenoxy) is 3. The molecule has 8 heteroatoms. The number of benzene rings is 1. The molecule has 1 aliphatic rings. The van der Waals surface area contributed by atoms with Gasteiger partial charge in [-0.1, -0.05) is 11.8 Å². The molecule has 122 valence electrons. The van der Waals surface area contributed by atoms with E-state index in [2.05, 4.69) is 15.2 Å². The first-order valence-corrected chi connectivity index (χ1v) is 8.00. The van der Waals surface area contributed by atoms with Crippen molar-refractivity contribution in [2.75, 3.05) is 14.2 Å². The Morgan fingerprint density at radius 1 is 1.35 bits per heavy atom. The van der Waals surface area contributed by atoms with Gasteiger partial charge in [0.2, 0.25) is 5.16 Å². The molecule has 0 unspecified atom stereocenters. The van der Waals surface area contributed by atoms with Crippen molar-refractivity contribution in [3.8, 4) is 22.9 Å². The summed E-state index contributed by atoms with van der Waals surface area (Å²) in [5.41, 5.74) is 0.773. The van der Waals surface area contributed by atoms with E-state index in [-0.39, 0.29) is 17.3 Å². The molecule has 0 bridgehead atoms. The lowest BCUT2D eigenvalue weighted by Crippen LogP contribution is -2.09. The van der Waals surface area contributed by atoms with E-state index in [1.807, 2.05) is 19.1 Å². The number of aromatic nitrogens is 3. The number of nitrogens with one attached hydrogen (secondary N) is 1. The van der Waals surface area contributed by atoms with Crippen molar-refractivity contribution in [1.82, 2.24) is 15.2 Å². The predicted octanol–water partition coefficient (Wildman–Crippen LogP) is 2.29. The lowest BCUT2D eigenvalue weighted by molar-refractivity contribution is -0.140. The van der Waals surface area contributed by atoms with E-state index >= 15 is 0 Å². The number of carbonyl (C=O) groups excluding carboxylic acids is 1. The van der Waals surface area contributed by atoms with E-state index in [0.29, 0.717) is 28.9 Å². The summed E-state index contributed by atoms with van der Waals surface area (Å²) >= 11 is 1.31. The summed E-state index contributed by atoms with van der Waals surface area (Å²) < 4.78 is 15.7. The molecule has 23 heavy (non-hydrogen) atoms. The van der Waals surface area contributed by atoms with Gasteiger partial charge < -0.3 is 14.2 Å². The summed E-state index contributed by atoms with van der Waals surface area (Å²) in [6.07, 6.45) is 0.610. The van der Waals surface area contributed by atoms with Crippen molar-refractivity contribution in [2.45, 2.75) is 29.9 Å². The maximum atomic E-state index is 11.7. The standard InChI is InChI=1S/C15H17N3O4S/c1-8-6-12(14(19)22-8)23-15-16-13(17-18-15)10-5-4-9(20-2)7-11(10)21-3/h4-5,7-8,12H,6H2,1-3H3,(H,16,17,18)/t8-,12-/m0/s1. The number of thioether (sulfide) groups is 1. The molecule has 2 atom stereocenters. The largest absolute Gasteiger partial charge is 0.497 e. The molecule has 0 saturated carbocycles. The second-order valence-corrected chi connectivity index (χ2v) is 6.29. The second kappa shape index (κ2) is 6.49. The Kier molecular flexibility index (Phi) is 4.42. The number of esters is 1. The Hall–Kier alpha value is -2.22. The molecule has 7 nitrogen and oxygen atoms in total. The first-order chi connectivity index (χ1) is 11.1. The van der Waals surface area contributed by atoms with E-state index < -0.39 is 0 Å². The van der Waals surface area contributed by atoms with Crippen LogP contribution in [0.25, 0.3) is 11.4 Å². The highest BCUT2D eigenvalue weighted by atomic mass is 32.2. The van der Waals surface area contributed by atoms with Crippen molar-refractivity contribution < 1.29 is 19.0 Å². The fourth-order valence-electron chi connectivity index (χ4n) is 2.36. The SMILES string of the molecule is COc1ccc(-c2nc(S[C@H]3C[C@H](C)OC3=O)n[nH]2)c(OC)c1. The van der Waals surface area contributed by atoms with Crippen LogP contribution in [0.15, 0.2) is 23.4 Å². The molecule has 0 aliphatic carbocycles. The fraction of sp³-hybridized carbons (Fsp3) is 0.400. The zero-order valence-corrected chi connectivity index (χ0v) is 13.8. The Morgan fingerprint density at radius 3 is 2.83 bits per heavy atom. The lowest BCUT2D eigenvalue weighted by Gasteiger charge is -2.07. The quantitative estimate of drug-likeness (QED) is 0.839. The monoisotopic (exact) mass is 335 g/mol. The van der Waals surface area contributed by atoms with Crippen LogP contribution in [0, 0.1) is 0 Å². The zero-order chi connectivity index (χ0) is 16.4. The number of cyclic esters (lactones) is 1. The Labute approximate surface area is 137 Å². The molecule has 2 aromatic rings. The average molecular weight is 335 g/mol. The van der Waals surface area contributed by atoms with Gasteiger partial charge >= 0.3 is 5.97 Å². The van der Waals surface area contributed by atoms with E-state index in [1.165, 1.54) is 11.8 Å². The van der Waals surface area contributed by atoms with Crippen molar-refractivity contribution in [2.24, 2.45) is 0 Å². The van der Waals surface area contributed by atoms with Crippen molar-refractivity contribution in [3.63, 3.8) is 0 Å². The van der Waals surface area contributed by atoms with Crippen LogP contribution in [0.5, 0.6) is 11.5 Å². The smallest absolute Gasteiger partial charge is 0.319 e. The van der Waals surface area contributed by atoms with Crippen LogP contribution in [-0.4, -0.2) is 46.7 Å². The van der Waals surface area contributed by atoms with E-state index in [9.17, 15) is 4.79 Å². The van der Waals surface area contributed by atoms with Crippen LogP contribution in [0.2, 0.25) is 0 Å². The summed E-state index contributed by atoms with van der Waals surface area (Å²) in [6.45, 7) is 1.88. The number of hydrogen-bond donors (Lipinski definition) is 1. The number of hydrogen-bond acceptors (Lipinski definition) is 7. The van der Waals surface area contributed by atoms with Crippen molar-refractivity contribution in [1.29, 1.82) is 0 Å². The summed E-state index contributed by atoms with van der Waals surface area (Å²) in [7, 11) is 3.18. The van der Waals surface area contributed by atoms with Crippen LogP contribution < -0.4 is 9.47 Å². The molecule has 3 rings (SSSR count).